The summed E-state index contributed by atoms with van der Waals surface area (Å²) in [7, 11) is 0. The molecule has 0 aliphatic heterocycles. The van der Waals surface area contributed by atoms with E-state index in [-0.39, 0.29) is 5.41 Å². The van der Waals surface area contributed by atoms with Gasteiger partial charge in [-0.3, -0.25) is 0 Å². The maximum absolute atomic E-state index is 3.96. The molecule has 9 aromatic carbocycles. The molecule has 62 heavy (non-hydrogen) atoms. The molecule has 0 atom stereocenters. The normalized spacial score (nSPS) is 12.5. The van der Waals surface area contributed by atoms with Crippen LogP contribution in [-0.2, 0) is 11.8 Å². The van der Waals surface area contributed by atoms with Crippen LogP contribution >= 0.6 is 0 Å². The van der Waals surface area contributed by atoms with Crippen molar-refractivity contribution in [3.8, 4) is 33.4 Å². The van der Waals surface area contributed by atoms with E-state index in [9.17, 15) is 0 Å². The molecule has 0 N–H and O–H groups in total. The Morgan fingerprint density at radius 1 is 0.452 bits per heavy atom. The van der Waals surface area contributed by atoms with Crippen molar-refractivity contribution in [1.29, 1.82) is 0 Å². The zero-order valence-electron chi connectivity index (χ0n) is 35.9. The number of hydrogen-bond acceptors (Lipinski definition) is 2. The van der Waals surface area contributed by atoms with E-state index < -0.39 is 0 Å². The average molecular weight is 799 g/mol. The molecule has 10 rings (SSSR count). The van der Waals surface area contributed by atoms with Crippen molar-refractivity contribution in [1.82, 2.24) is 0 Å². The van der Waals surface area contributed by atoms with Gasteiger partial charge in [-0.05, 0) is 165 Å². The molecule has 0 saturated carbocycles. The lowest BCUT2D eigenvalue weighted by Crippen LogP contribution is -2.17. The fourth-order valence-corrected chi connectivity index (χ4v) is 9.65. The summed E-state index contributed by atoms with van der Waals surface area (Å²) in [4.78, 5) is 4.77. The third kappa shape index (κ3) is 6.98. The SMILES string of the molecule is C=CCc1ccc(N(c2ccc(-c3ccc(N(c4cccc(-c5ccccc5)c4)c4ccc5c(c4)C(C)(C)c4c-5ccc5ccccc45)cc3)cc2)c2cccc(C)c2)cc1C. The first-order chi connectivity index (χ1) is 30.3. The Balaban J connectivity index is 1.03. The second-order valence-electron chi connectivity index (χ2n) is 17.2. The highest BCUT2D eigenvalue weighted by Gasteiger charge is 2.37. The van der Waals surface area contributed by atoms with Crippen molar-refractivity contribution in [3.05, 3.63) is 241 Å². The summed E-state index contributed by atoms with van der Waals surface area (Å²) in [6.07, 6.45) is 2.83. The molecule has 0 bridgehead atoms. The summed E-state index contributed by atoms with van der Waals surface area (Å²) in [5.74, 6) is 0. The van der Waals surface area contributed by atoms with Crippen LogP contribution in [0.3, 0.4) is 0 Å². The molecular formula is C60H50N2. The van der Waals surface area contributed by atoms with Gasteiger partial charge in [0.15, 0.2) is 0 Å². The molecule has 0 radical (unpaired) electrons. The summed E-state index contributed by atoms with van der Waals surface area (Å²) in [5, 5.41) is 2.62. The third-order valence-corrected chi connectivity index (χ3v) is 12.8. The predicted octanol–water partition coefficient (Wildman–Crippen LogP) is 16.8. The van der Waals surface area contributed by atoms with Crippen LogP contribution in [0.15, 0.2) is 213 Å². The fraction of sp³-hybridized carbons (Fsp3) is 0.100. The van der Waals surface area contributed by atoms with Crippen LogP contribution in [0.5, 0.6) is 0 Å². The van der Waals surface area contributed by atoms with E-state index in [4.69, 9.17) is 0 Å². The molecule has 0 amide bonds. The van der Waals surface area contributed by atoms with Gasteiger partial charge in [-0.25, -0.2) is 0 Å². The van der Waals surface area contributed by atoms with Gasteiger partial charge in [0.25, 0.3) is 0 Å². The predicted molar refractivity (Wildman–Crippen MR) is 265 cm³/mol. The second-order valence-corrected chi connectivity index (χ2v) is 17.2. The Hall–Kier alpha value is -7.42. The number of hydrogen-bond donors (Lipinski definition) is 0. The lowest BCUT2D eigenvalue weighted by Gasteiger charge is -2.29. The molecule has 300 valence electrons. The lowest BCUT2D eigenvalue weighted by atomic mass is 9.80. The van der Waals surface area contributed by atoms with Crippen molar-refractivity contribution < 1.29 is 0 Å². The number of aryl methyl sites for hydroxylation is 2. The van der Waals surface area contributed by atoms with Gasteiger partial charge in [0.05, 0.1) is 0 Å². The van der Waals surface area contributed by atoms with Gasteiger partial charge in [-0.1, -0.05) is 147 Å². The number of anilines is 6. The van der Waals surface area contributed by atoms with Crippen LogP contribution in [0.25, 0.3) is 44.2 Å². The first-order valence-electron chi connectivity index (χ1n) is 21.7. The molecule has 9 aromatic rings. The summed E-state index contributed by atoms with van der Waals surface area (Å²) < 4.78 is 0. The van der Waals surface area contributed by atoms with Crippen LogP contribution in [0.2, 0.25) is 0 Å². The van der Waals surface area contributed by atoms with Crippen LogP contribution in [0, 0.1) is 13.8 Å². The van der Waals surface area contributed by atoms with E-state index in [2.05, 4.69) is 244 Å². The Labute approximate surface area is 366 Å². The maximum Gasteiger partial charge on any atom is 0.0467 e. The zero-order chi connectivity index (χ0) is 42.4. The largest absolute Gasteiger partial charge is 0.310 e. The molecule has 0 spiro atoms. The van der Waals surface area contributed by atoms with Crippen molar-refractivity contribution >= 4 is 44.9 Å². The molecule has 1 aliphatic carbocycles. The van der Waals surface area contributed by atoms with Crippen molar-refractivity contribution in [2.75, 3.05) is 9.80 Å². The lowest BCUT2D eigenvalue weighted by molar-refractivity contribution is 0.666. The van der Waals surface area contributed by atoms with E-state index in [1.54, 1.807) is 0 Å². The van der Waals surface area contributed by atoms with Crippen molar-refractivity contribution in [2.24, 2.45) is 0 Å². The first kappa shape index (κ1) is 38.8. The van der Waals surface area contributed by atoms with Gasteiger partial charge in [0, 0.05) is 39.5 Å². The van der Waals surface area contributed by atoms with Crippen LogP contribution in [0.4, 0.5) is 34.1 Å². The highest BCUT2D eigenvalue weighted by Crippen LogP contribution is 2.53. The number of allylic oxidation sites excluding steroid dienone is 1. The van der Waals surface area contributed by atoms with Gasteiger partial charge >= 0.3 is 0 Å². The van der Waals surface area contributed by atoms with Crippen LogP contribution < -0.4 is 9.80 Å². The Morgan fingerprint density at radius 2 is 1.00 bits per heavy atom. The molecule has 0 unspecified atom stereocenters. The highest BCUT2D eigenvalue weighted by molar-refractivity contribution is 5.98. The fourth-order valence-electron chi connectivity index (χ4n) is 9.65. The van der Waals surface area contributed by atoms with Crippen LogP contribution in [0.1, 0.15) is 41.7 Å². The standard InChI is InChI=1S/C60H50N2/c1-6-14-43-23-33-53(38-42(43)3)61(51-20-12-15-41(2)37-51)49-29-24-45(25-30-49)46-26-31-50(32-27-46)62(52-21-13-19-48(39-52)44-16-8-7-9-17-44)54-34-36-56-57-35-28-47-18-10-11-22-55(47)59(57)60(4,5)58(56)40-54/h6-13,15-40H,1,14H2,2-5H3. The smallest absolute Gasteiger partial charge is 0.0467 e. The average Bonchev–Trinajstić information content (AvgIpc) is 3.54. The Morgan fingerprint density at radius 3 is 1.68 bits per heavy atom. The van der Waals surface area contributed by atoms with Gasteiger partial charge in [0.2, 0.25) is 0 Å². The molecule has 2 heteroatoms. The third-order valence-electron chi connectivity index (χ3n) is 12.8. The van der Waals surface area contributed by atoms with Crippen molar-refractivity contribution in [3.63, 3.8) is 0 Å². The Bertz CT molecular complexity index is 3100. The number of benzene rings is 9. The van der Waals surface area contributed by atoms with E-state index in [1.807, 2.05) is 6.08 Å². The van der Waals surface area contributed by atoms with E-state index >= 15 is 0 Å². The van der Waals surface area contributed by atoms with E-state index in [0.717, 1.165) is 40.5 Å². The summed E-state index contributed by atoms with van der Waals surface area (Å²) in [6, 6.07) is 73.6. The van der Waals surface area contributed by atoms with Gasteiger partial charge < -0.3 is 9.80 Å². The second kappa shape index (κ2) is 15.9. The zero-order valence-corrected chi connectivity index (χ0v) is 35.9. The molecule has 0 aromatic heterocycles. The van der Waals surface area contributed by atoms with Crippen LogP contribution in [-0.4, -0.2) is 0 Å². The number of rotatable bonds is 10. The minimum absolute atomic E-state index is 0.169. The van der Waals surface area contributed by atoms with E-state index in [0.29, 0.717) is 0 Å². The summed E-state index contributed by atoms with van der Waals surface area (Å²) in [5.41, 5.74) is 20.5. The minimum atomic E-state index is -0.169. The minimum Gasteiger partial charge on any atom is -0.310 e. The molecule has 2 nitrogen and oxygen atoms in total. The van der Waals surface area contributed by atoms with E-state index in [1.165, 1.54) is 72.0 Å². The van der Waals surface area contributed by atoms with Crippen molar-refractivity contribution in [2.45, 2.75) is 39.5 Å². The Kier molecular flexibility index (Phi) is 9.93. The molecule has 0 fully saturated rings. The van der Waals surface area contributed by atoms with Gasteiger partial charge in [-0.15, -0.1) is 6.58 Å². The highest BCUT2D eigenvalue weighted by atomic mass is 15.1. The van der Waals surface area contributed by atoms with Gasteiger partial charge in [-0.2, -0.15) is 0 Å². The number of nitrogens with zero attached hydrogens (tertiary/aromatic N) is 2. The quantitative estimate of drug-likeness (QED) is 0.127. The molecule has 1 aliphatic rings. The topological polar surface area (TPSA) is 6.48 Å². The maximum atomic E-state index is 3.96. The monoisotopic (exact) mass is 798 g/mol. The summed E-state index contributed by atoms with van der Waals surface area (Å²) in [6.45, 7) is 13.1. The molecular weight excluding hydrogens is 749 g/mol. The first-order valence-corrected chi connectivity index (χ1v) is 21.7. The van der Waals surface area contributed by atoms with Gasteiger partial charge in [0.1, 0.15) is 0 Å². The number of fused-ring (bicyclic) bond motifs is 5. The molecule has 0 saturated heterocycles. The summed E-state index contributed by atoms with van der Waals surface area (Å²) >= 11 is 0. The molecule has 0 heterocycles.